The first-order valence-electron chi connectivity index (χ1n) is 9.69. The van der Waals surface area contributed by atoms with E-state index in [1.54, 1.807) is 28.7 Å². The number of nitrogens with zero attached hydrogens (tertiary/aromatic N) is 3. The molecule has 0 radical (unpaired) electrons. The highest BCUT2D eigenvalue weighted by atomic mass is 32.2. The lowest BCUT2D eigenvalue weighted by atomic mass is 9.98. The summed E-state index contributed by atoms with van der Waals surface area (Å²) in [5.41, 5.74) is 0.483. The lowest BCUT2D eigenvalue weighted by Gasteiger charge is -2.40. The number of hydrogen-bond donors (Lipinski definition) is 0. The van der Waals surface area contributed by atoms with Crippen molar-refractivity contribution in [3.05, 3.63) is 36.5 Å². The number of hydrogen-bond acceptors (Lipinski definition) is 5. The average molecular weight is 399 g/mol. The molecule has 1 unspecified atom stereocenters. The van der Waals surface area contributed by atoms with Crippen molar-refractivity contribution in [1.29, 1.82) is 0 Å². The summed E-state index contributed by atoms with van der Waals surface area (Å²) >= 11 is 0. The number of pyridine rings is 1. The molecule has 146 valence electrons. The van der Waals surface area contributed by atoms with Crippen molar-refractivity contribution >= 4 is 32.7 Å². The summed E-state index contributed by atoms with van der Waals surface area (Å²) in [6, 6.07) is 8.30. The van der Waals surface area contributed by atoms with Gasteiger partial charge in [-0.1, -0.05) is 18.2 Å². The predicted molar refractivity (Wildman–Crippen MR) is 102 cm³/mol. The molecule has 5 rings (SSSR count). The molecule has 0 saturated carbocycles. The maximum atomic E-state index is 13.6. The summed E-state index contributed by atoms with van der Waals surface area (Å²) in [6.45, 7) is 0. The molecule has 28 heavy (non-hydrogen) atoms. The van der Waals surface area contributed by atoms with Gasteiger partial charge in [0.25, 0.3) is 0 Å². The molecule has 2 amide bonds. The molecule has 0 N–H and O–H groups in total. The van der Waals surface area contributed by atoms with E-state index < -0.39 is 10.0 Å². The van der Waals surface area contributed by atoms with Crippen molar-refractivity contribution in [2.75, 3.05) is 0 Å². The van der Waals surface area contributed by atoms with Crippen molar-refractivity contribution in [2.24, 2.45) is 0 Å². The number of piperidine rings is 1. The van der Waals surface area contributed by atoms with Crippen LogP contribution in [0.2, 0.25) is 0 Å². The van der Waals surface area contributed by atoms with Crippen LogP contribution in [0.5, 0.6) is 0 Å². The lowest BCUT2D eigenvalue weighted by molar-refractivity contribution is -0.142. The highest BCUT2D eigenvalue weighted by Crippen LogP contribution is 2.42. The molecule has 3 saturated heterocycles. The monoisotopic (exact) mass is 399 g/mol. The maximum Gasteiger partial charge on any atom is 0.245 e. The lowest BCUT2D eigenvalue weighted by Crippen LogP contribution is -2.53. The Bertz CT molecular complexity index is 1050. The first-order valence-corrected chi connectivity index (χ1v) is 11.1. The van der Waals surface area contributed by atoms with E-state index >= 15 is 0 Å². The van der Waals surface area contributed by atoms with E-state index in [4.69, 9.17) is 0 Å². The summed E-state index contributed by atoms with van der Waals surface area (Å²) < 4.78 is 28.7. The van der Waals surface area contributed by atoms with Crippen molar-refractivity contribution < 1.29 is 18.0 Å². The zero-order valence-corrected chi connectivity index (χ0v) is 16.1. The van der Waals surface area contributed by atoms with Crippen molar-refractivity contribution in [2.45, 2.75) is 61.5 Å². The van der Waals surface area contributed by atoms with Crippen LogP contribution >= 0.6 is 0 Å². The molecule has 4 heterocycles. The molecule has 1 aromatic heterocycles. The number of para-hydroxylation sites is 1. The predicted octanol–water partition coefficient (Wildman–Crippen LogP) is 2.07. The Hall–Kier alpha value is -2.32. The van der Waals surface area contributed by atoms with Gasteiger partial charge in [-0.05, 0) is 37.8 Å². The number of rotatable bonds is 3. The van der Waals surface area contributed by atoms with E-state index in [1.807, 2.05) is 12.1 Å². The second-order valence-electron chi connectivity index (χ2n) is 7.83. The molecule has 3 fully saturated rings. The highest BCUT2D eigenvalue weighted by Gasteiger charge is 2.50. The standard InChI is InChI=1S/C20H21N3O4S/c24-18-8-9-19(25)22(18)16-11-14-6-7-15(12-16)23(14)28(26,27)17-5-1-3-13-4-2-10-21-20(13)17/h1-5,10,14-16H,6-9,11-12H2/t14-,15+,16?. The van der Waals surface area contributed by atoms with Crippen LogP contribution < -0.4 is 0 Å². The Kier molecular flexibility index (Phi) is 4.03. The molecule has 8 heteroatoms. The minimum Gasteiger partial charge on any atom is -0.279 e. The zero-order valence-electron chi connectivity index (χ0n) is 15.3. The summed E-state index contributed by atoms with van der Waals surface area (Å²) in [4.78, 5) is 30.2. The highest BCUT2D eigenvalue weighted by molar-refractivity contribution is 7.89. The third-order valence-electron chi connectivity index (χ3n) is 6.25. The van der Waals surface area contributed by atoms with Gasteiger partial charge in [0.2, 0.25) is 21.8 Å². The number of benzene rings is 1. The van der Waals surface area contributed by atoms with E-state index in [0.717, 1.165) is 18.2 Å². The normalized spacial score (nSPS) is 28.4. The molecular weight excluding hydrogens is 378 g/mol. The van der Waals surface area contributed by atoms with Gasteiger partial charge >= 0.3 is 0 Å². The van der Waals surface area contributed by atoms with Crippen LogP contribution in [-0.4, -0.2) is 52.5 Å². The molecule has 0 spiro atoms. The van der Waals surface area contributed by atoms with Crippen LogP contribution in [0.4, 0.5) is 0 Å². The molecule has 2 bridgehead atoms. The van der Waals surface area contributed by atoms with Crippen molar-refractivity contribution in [3.8, 4) is 0 Å². The van der Waals surface area contributed by atoms with Gasteiger partial charge in [0.1, 0.15) is 4.90 Å². The summed E-state index contributed by atoms with van der Waals surface area (Å²) in [7, 11) is -3.72. The van der Waals surface area contributed by atoms with Gasteiger partial charge in [0.05, 0.1) is 5.52 Å². The minimum absolute atomic E-state index is 0.121. The van der Waals surface area contributed by atoms with Gasteiger partial charge in [-0.25, -0.2) is 8.42 Å². The molecule has 0 aliphatic carbocycles. The van der Waals surface area contributed by atoms with Crippen LogP contribution in [0.15, 0.2) is 41.4 Å². The largest absolute Gasteiger partial charge is 0.279 e. The van der Waals surface area contributed by atoms with Crippen molar-refractivity contribution in [3.63, 3.8) is 0 Å². The molecule has 3 atom stereocenters. The van der Waals surface area contributed by atoms with Crippen molar-refractivity contribution in [1.82, 2.24) is 14.2 Å². The fraction of sp³-hybridized carbons (Fsp3) is 0.450. The van der Waals surface area contributed by atoms with E-state index in [2.05, 4.69) is 4.98 Å². The molecular formula is C20H21N3O4S. The number of amides is 2. The molecule has 3 aliphatic heterocycles. The maximum absolute atomic E-state index is 13.6. The molecule has 2 aromatic rings. The van der Waals surface area contributed by atoms with Crippen LogP contribution in [0.25, 0.3) is 10.9 Å². The van der Waals surface area contributed by atoms with Gasteiger partial charge in [0, 0.05) is 42.6 Å². The Morgan fingerprint density at radius 1 is 0.893 bits per heavy atom. The van der Waals surface area contributed by atoms with Crippen LogP contribution in [0.3, 0.4) is 0 Å². The number of imide groups is 1. The molecule has 3 aliphatic rings. The minimum atomic E-state index is -3.72. The van der Waals surface area contributed by atoms with Gasteiger partial charge in [-0.15, -0.1) is 0 Å². The second-order valence-corrected chi connectivity index (χ2v) is 9.65. The number of carbonyl (C=O) groups is 2. The summed E-state index contributed by atoms with van der Waals surface area (Å²) in [6.07, 6.45) is 4.70. The van der Waals surface area contributed by atoms with E-state index in [1.165, 1.54) is 4.90 Å². The Morgan fingerprint density at radius 3 is 2.21 bits per heavy atom. The Balaban J connectivity index is 1.49. The SMILES string of the molecule is O=C1CCC(=O)N1C1C[C@H]2CC[C@@H](C1)N2S(=O)(=O)c1cccc2cccnc12. The van der Waals surface area contributed by atoms with Crippen LogP contribution in [0, 0.1) is 0 Å². The van der Waals surface area contributed by atoms with E-state index in [-0.39, 0.29) is 47.7 Å². The third-order valence-corrected chi connectivity index (χ3v) is 8.28. The summed E-state index contributed by atoms with van der Waals surface area (Å²) in [5, 5.41) is 0.791. The number of sulfonamides is 1. The summed E-state index contributed by atoms with van der Waals surface area (Å²) in [5.74, 6) is -0.243. The molecule has 1 aromatic carbocycles. The smallest absolute Gasteiger partial charge is 0.245 e. The number of fused-ring (bicyclic) bond motifs is 3. The average Bonchev–Trinajstić information content (AvgIpc) is 3.17. The fourth-order valence-corrected chi connectivity index (χ4v) is 7.17. The van der Waals surface area contributed by atoms with E-state index in [9.17, 15) is 18.0 Å². The van der Waals surface area contributed by atoms with Crippen LogP contribution in [0.1, 0.15) is 38.5 Å². The Morgan fingerprint density at radius 2 is 1.54 bits per heavy atom. The zero-order chi connectivity index (χ0) is 19.5. The van der Waals surface area contributed by atoms with Gasteiger partial charge in [0.15, 0.2) is 0 Å². The Labute approximate surface area is 163 Å². The van der Waals surface area contributed by atoms with Crippen LogP contribution in [-0.2, 0) is 19.6 Å². The quantitative estimate of drug-likeness (QED) is 0.738. The van der Waals surface area contributed by atoms with Gasteiger partial charge < -0.3 is 0 Å². The van der Waals surface area contributed by atoms with Gasteiger partial charge in [-0.3, -0.25) is 19.5 Å². The third kappa shape index (κ3) is 2.58. The number of likely N-dealkylation sites (tertiary alicyclic amines) is 1. The second kappa shape index (κ2) is 6.35. The topological polar surface area (TPSA) is 87.7 Å². The number of aromatic nitrogens is 1. The first kappa shape index (κ1) is 17.8. The first-order chi connectivity index (χ1) is 13.5. The number of carbonyl (C=O) groups excluding carboxylic acids is 2. The van der Waals surface area contributed by atoms with E-state index in [0.29, 0.717) is 18.4 Å². The molecule has 7 nitrogen and oxygen atoms in total. The fourth-order valence-electron chi connectivity index (χ4n) is 5.11. The van der Waals surface area contributed by atoms with Gasteiger partial charge in [-0.2, -0.15) is 4.31 Å².